The van der Waals surface area contributed by atoms with Gasteiger partial charge in [-0.25, -0.2) is 0 Å². The summed E-state index contributed by atoms with van der Waals surface area (Å²) < 4.78 is 3.14. The van der Waals surface area contributed by atoms with Crippen LogP contribution in [0.2, 0.25) is 0 Å². The first-order chi connectivity index (χ1) is 11.1. The fraction of sp³-hybridized carbons (Fsp3) is 0.222. The van der Waals surface area contributed by atoms with Crippen molar-refractivity contribution in [1.82, 2.24) is 4.57 Å². The Labute approximate surface area is 143 Å². The van der Waals surface area contributed by atoms with Crippen LogP contribution >= 0.6 is 23.1 Å². The molecule has 0 atom stereocenters. The fourth-order valence-corrected chi connectivity index (χ4v) is 3.88. The number of benzene rings is 2. The molecule has 5 heteroatoms. The van der Waals surface area contributed by atoms with Gasteiger partial charge < -0.3 is 4.57 Å². The minimum Gasteiger partial charge on any atom is -0.319 e. The molecule has 0 radical (unpaired) electrons. The number of amides is 1. The second-order valence-electron chi connectivity index (χ2n) is 5.24. The molecular formula is C18H18N2OS2. The van der Waals surface area contributed by atoms with Crippen molar-refractivity contribution in [3.63, 3.8) is 0 Å². The van der Waals surface area contributed by atoms with Gasteiger partial charge in [0.1, 0.15) is 0 Å². The van der Waals surface area contributed by atoms with Crippen molar-refractivity contribution >= 4 is 39.2 Å². The van der Waals surface area contributed by atoms with Gasteiger partial charge >= 0.3 is 0 Å². The third-order valence-electron chi connectivity index (χ3n) is 3.82. The summed E-state index contributed by atoms with van der Waals surface area (Å²) in [6.45, 7) is 2.14. The smallest absolute Gasteiger partial charge is 0.279 e. The fourth-order valence-electron chi connectivity index (χ4n) is 2.39. The van der Waals surface area contributed by atoms with E-state index >= 15 is 0 Å². The summed E-state index contributed by atoms with van der Waals surface area (Å²) in [4.78, 5) is 18.6. The topological polar surface area (TPSA) is 34.4 Å². The molecule has 23 heavy (non-hydrogen) atoms. The van der Waals surface area contributed by atoms with Crippen molar-refractivity contribution < 1.29 is 4.79 Å². The highest BCUT2D eigenvalue weighted by Gasteiger charge is 2.07. The predicted octanol–water partition coefficient (Wildman–Crippen LogP) is 4.27. The molecule has 1 amide bonds. The van der Waals surface area contributed by atoms with E-state index in [1.807, 2.05) is 42.1 Å². The van der Waals surface area contributed by atoms with Crippen molar-refractivity contribution in [3.05, 3.63) is 58.4 Å². The molecule has 0 spiro atoms. The van der Waals surface area contributed by atoms with Crippen LogP contribution in [0.1, 0.15) is 22.8 Å². The van der Waals surface area contributed by atoms with Gasteiger partial charge in [-0.05, 0) is 54.6 Å². The molecule has 0 fully saturated rings. The van der Waals surface area contributed by atoms with Crippen LogP contribution in [0.25, 0.3) is 10.2 Å². The van der Waals surface area contributed by atoms with Gasteiger partial charge in [-0.2, -0.15) is 4.99 Å². The van der Waals surface area contributed by atoms with E-state index in [1.165, 1.54) is 5.56 Å². The Kier molecular flexibility index (Phi) is 4.68. The maximum Gasteiger partial charge on any atom is 0.279 e. The predicted molar refractivity (Wildman–Crippen MR) is 98.3 cm³/mol. The number of hydrogen-bond acceptors (Lipinski definition) is 3. The first kappa shape index (κ1) is 16.0. The molecule has 118 valence electrons. The first-order valence-electron chi connectivity index (χ1n) is 7.44. The van der Waals surface area contributed by atoms with Crippen molar-refractivity contribution in [1.29, 1.82) is 0 Å². The van der Waals surface area contributed by atoms with Gasteiger partial charge in [-0.15, -0.1) is 11.8 Å². The Hall–Kier alpha value is -1.85. The van der Waals surface area contributed by atoms with Gasteiger partial charge in [0.25, 0.3) is 5.91 Å². The van der Waals surface area contributed by atoms with Gasteiger partial charge in [-0.1, -0.05) is 24.3 Å². The maximum absolute atomic E-state index is 12.4. The first-order valence-corrected chi connectivity index (χ1v) is 9.48. The van der Waals surface area contributed by atoms with E-state index in [9.17, 15) is 4.79 Å². The average Bonchev–Trinajstić information content (AvgIpc) is 2.90. The molecule has 1 heterocycles. The van der Waals surface area contributed by atoms with E-state index in [0.717, 1.165) is 26.3 Å². The number of aromatic nitrogens is 1. The highest BCUT2D eigenvalue weighted by molar-refractivity contribution is 7.98. The number of thioether (sulfide) groups is 1. The Morgan fingerprint density at radius 1 is 1.22 bits per heavy atom. The van der Waals surface area contributed by atoms with E-state index in [1.54, 1.807) is 23.1 Å². The monoisotopic (exact) mass is 342 g/mol. The summed E-state index contributed by atoms with van der Waals surface area (Å²) in [6.07, 6.45) is 3.02. The Bertz CT molecular complexity index is 920. The summed E-state index contributed by atoms with van der Waals surface area (Å²) in [6, 6.07) is 14.0. The highest BCUT2D eigenvalue weighted by Crippen LogP contribution is 2.19. The Morgan fingerprint density at radius 2 is 1.96 bits per heavy atom. The third-order valence-corrected chi connectivity index (χ3v) is 5.65. The lowest BCUT2D eigenvalue weighted by molar-refractivity contribution is 0.0998. The van der Waals surface area contributed by atoms with Gasteiger partial charge in [0.2, 0.25) is 0 Å². The number of rotatable bonds is 3. The van der Waals surface area contributed by atoms with E-state index in [2.05, 4.69) is 30.1 Å². The summed E-state index contributed by atoms with van der Waals surface area (Å²) in [5.74, 6) is -0.199. The molecule has 0 bridgehead atoms. The average molecular weight is 342 g/mol. The van der Waals surface area contributed by atoms with E-state index in [4.69, 9.17) is 0 Å². The molecule has 0 aliphatic carbocycles. The van der Waals surface area contributed by atoms with Gasteiger partial charge in [0, 0.05) is 17.5 Å². The van der Waals surface area contributed by atoms with Crippen LogP contribution in [0.4, 0.5) is 0 Å². The number of carbonyl (C=O) groups excluding carboxylic acids is 1. The quantitative estimate of drug-likeness (QED) is 0.666. The SMILES string of the molecule is CCc1ccc2c(c1)sc(=NC(=O)c1ccc(SC)cc1)n2C. The van der Waals surface area contributed by atoms with Crippen LogP contribution in [-0.4, -0.2) is 16.7 Å². The second-order valence-corrected chi connectivity index (χ2v) is 7.13. The third kappa shape index (κ3) is 3.26. The van der Waals surface area contributed by atoms with Crippen LogP contribution in [0.5, 0.6) is 0 Å². The summed E-state index contributed by atoms with van der Waals surface area (Å²) in [7, 11) is 1.95. The molecule has 3 nitrogen and oxygen atoms in total. The number of carbonyl (C=O) groups is 1. The van der Waals surface area contributed by atoms with Crippen molar-refractivity contribution in [2.24, 2.45) is 12.0 Å². The standard InChI is InChI=1S/C18H18N2OS2/c1-4-12-5-10-15-16(11-12)23-18(20(15)2)19-17(21)13-6-8-14(22-3)9-7-13/h5-11H,4H2,1-3H3. The highest BCUT2D eigenvalue weighted by atomic mass is 32.2. The van der Waals surface area contributed by atoms with Crippen LogP contribution in [0, 0.1) is 0 Å². The normalized spacial score (nSPS) is 12.0. The lowest BCUT2D eigenvalue weighted by atomic mass is 10.2. The summed E-state index contributed by atoms with van der Waals surface area (Å²) >= 11 is 3.21. The molecule has 2 aromatic carbocycles. The Morgan fingerprint density at radius 3 is 2.61 bits per heavy atom. The van der Waals surface area contributed by atoms with Crippen LogP contribution < -0.4 is 4.80 Å². The van der Waals surface area contributed by atoms with Gasteiger partial charge in [0.15, 0.2) is 4.80 Å². The molecule has 1 aromatic heterocycles. The number of aryl methyl sites for hydroxylation is 2. The van der Waals surface area contributed by atoms with E-state index in [-0.39, 0.29) is 5.91 Å². The molecule has 0 aliphatic rings. The van der Waals surface area contributed by atoms with Gasteiger partial charge in [0.05, 0.1) is 10.2 Å². The van der Waals surface area contributed by atoms with E-state index in [0.29, 0.717) is 5.56 Å². The van der Waals surface area contributed by atoms with Crippen molar-refractivity contribution in [2.45, 2.75) is 18.2 Å². The molecule has 3 aromatic rings. The van der Waals surface area contributed by atoms with Crippen LogP contribution in [0.15, 0.2) is 52.4 Å². The number of fused-ring (bicyclic) bond motifs is 1. The number of nitrogens with zero attached hydrogens (tertiary/aromatic N) is 2. The lowest BCUT2D eigenvalue weighted by Gasteiger charge is -1.99. The van der Waals surface area contributed by atoms with Crippen LogP contribution in [0.3, 0.4) is 0 Å². The number of thiazole rings is 1. The molecule has 0 aliphatic heterocycles. The van der Waals surface area contributed by atoms with Crippen molar-refractivity contribution in [2.75, 3.05) is 6.26 Å². The maximum atomic E-state index is 12.4. The minimum absolute atomic E-state index is 0.199. The summed E-state index contributed by atoms with van der Waals surface area (Å²) in [5.41, 5.74) is 3.02. The van der Waals surface area contributed by atoms with Crippen molar-refractivity contribution in [3.8, 4) is 0 Å². The molecule has 0 unspecified atom stereocenters. The lowest BCUT2D eigenvalue weighted by Crippen LogP contribution is -2.13. The largest absolute Gasteiger partial charge is 0.319 e. The van der Waals surface area contributed by atoms with Gasteiger partial charge in [-0.3, -0.25) is 4.79 Å². The molecule has 0 N–H and O–H groups in total. The van der Waals surface area contributed by atoms with Crippen LogP contribution in [-0.2, 0) is 13.5 Å². The zero-order valence-electron chi connectivity index (χ0n) is 13.4. The molecule has 3 rings (SSSR count). The molecule has 0 saturated heterocycles. The zero-order valence-corrected chi connectivity index (χ0v) is 15.0. The molecular weight excluding hydrogens is 324 g/mol. The summed E-state index contributed by atoms with van der Waals surface area (Å²) in [5, 5.41) is 0. The second kappa shape index (κ2) is 6.72. The molecule has 0 saturated carbocycles. The van der Waals surface area contributed by atoms with E-state index < -0.39 is 0 Å². The zero-order chi connectivity index (χ0) is 16.4. The Balaban J connectivity index is 2.02. The number of hydrogen-bond donors (Lipinski definition) is 0. The minimum atomic E-state index is -0.199.